The molecule has 0 unspecified atom stereocenters. The van der Waals surface area contributed by atoms with Crippen LogP contribution in [0.4, 0.5) is 10.5 Å². The van der Waals surface area contributed by atoms with E-state index in [0.717, 1.165) is 111 Å². The van der Waals surface area contributed by atoms with Gasteiger partial charge in [0, 0.05) is 130 Å². The fraction of sp³-hybridized carbons (Fsp3) is 0.487. The van der Waals surface area contributed by atoms with E-state index < -0.39 is 5.60 Å². The predicted molar refractivity (Wildman–Crippen MR) is 225 cm³/mol. The number of carbonyl (C=O) groups is 1. The Morgan fingerprint density at radius 3 is 2.35 bits per heavy atom. The molecular formula is C39H51IN6O4S2. The lowest BCUT2D eigenvalue weighted by Crippen LogP contribution is -2.49. The van der Waals surface area contributed by atoms with Crippen molar-refractivity contribution < 1.29 is 14.3 Å². The second kappa shape index (κ2) is 17.5. The van der Waals surface area contributed by atoms with Gasteiger partial charge in [0.2, 0.25) is 0 Å². The smallest absolute Gasteiger partial charge is 0.410 e. The van der Waals surface area contributed by atoms with Crippen molar-refractivity contribution >= 4 is 65.0 Å². The molecule has 2 aromatic carbocycles. The van der Waals surface area contributed by atoms with Gasteiger partial charge in [-0.15, -0.1) is 0 Å². The van der Waals surface area contributed by atoms with E-state index >= 15 is 0 Å². The van der Waals surface area contributed by atoms with Crippen LogP contribution in [-0.2, 0) is 18.2 Å². The number of pyridine rings is 1. The van der Waals surface area contributed by atoms with Crippen LogP contribution in [0.3, 0.4) is 0 Å². The Balaban J connectivity index is 1.03. The maximum Gasteiger partial charge on any atom is 0.410 e. The maximum atomic E-state index is 13.1. The van der Waals surface area contributed by atoms with E-state index in [-0.39, 0.29) is 11.7 Å². The van der Waals surface area contributed by atoms with Crippen molar-refractivity contribution in [2.45, 2.75) is 52.6 Å². The number of nitrogens with zero attached hydrogens (tertiary/aromatic N) is 5. The third kappa shape index (κ3) is 9.82. The molecule has 2 aliphatic rings. The zero-order valence-electron chi connectivity index (χ0n) is 30.9. The van der Waals surface area contributed by atoms with Gasteiger partial charge < -0.3 is 33.5 Å². The molecule has 2 fully saturated rings. The third-order valence-corrected chi connectivity index (χ3v) is 12.2. The van der Waals surface area contributed by atoms with E-state index in [0.29, 0.717) is 11.4 Å². The van der Waals surface area contributed by atoms with Gasteiger partial charge in [0.15, 0.2) is 0 Å². The minimum Gasteiger partial charge on any atom is -0.457 e. The average molecular weight is 859 g/mol. The van der Waals surface area contributed by atoms with E-state index in [2.05, 4.69) is 73.0 Å². The molecule has 6 rings (SSSR count). The molecule has 0 radical (unpaired) electrons. The molecule has 0 spiro atoms. The van der Waals surface area contributed by atoms with E-state index in [1.165, 1.54) is 14.7 Å². The van der Waals surface area contributed by atoms with E-state index in [9.17, 15) is 9.59 Å². The van der Waals surface area contributed by atoms with E-state index in [4.69, 9.17) is 9.47 Å². The largest absolute Gasteiger partial charge is 0.457 e. The van der Waals surface area contributed by atoms with Crippen LogP contribution in [0.15, 0.2) is 65.7 Å². The number of aromatic nitrogens is 2. The standard InChI is InChI=1S/C39H51IN6O4S2/c1-6-51-41-30-9-12-35(33(25-30)34-27-42(5)37(47)36-32(34)16-20-46(36)52-40)49-31-10-7-28(8-11-31)13-17-43-21-23-44(24-22-43)26-29-14-18-45(19-15-29)38(48)50-39(2,3)4/h7-12,16,20,25,27,29,41H,6,13-15,17-19,21-24,26H2,1-5H3. The zero-order chi connectivity index (χ0) is 36.8. The molecule has 4 heterocycles. The van der Waals surface area contributed by atoms with Crippen molar-refractivity contribution in [3.8, 4) is 22.6 Å². The molecule has 4 aromatic rings. The SMILES string of the molecule is CCSNc1ccc(Oc2ccc(CCN3CCN(CC4CCN(C(=O)OC(C)(C)C)CC4)CC3)cc2)c(-c2cn(C)c(=O)c3c2ccn3SI)c1. The summed E-state index contributed by atoms with van der Waals surface area (Å²) in [6.07, 6.45) is 6.76. The summed E-state index contributed by atoms with van der Waals surface area (Å²) >= 11 is 3.85. The summed E-state index contributed by atoms with van der Waals surface area (Å²) in [4.78, 5) is 32.6. The Labute approximate surface area is 328 Å². The zero-order valence-corrected chi connectivity index (χ0v) is 34.7. The van der Waals surface area contributed by atoms with Gasteiger partial charge in [-0.1, -0.05) is 31.0 Å². The van der Waals surface area contributed by atoms with Crippen LogP contribution in [0.2, 0.25) is 0 Å². The van der Waals surface area contributed by atoms with E-state index in [1.54, 1.807) is 23.6 Å². The number of piperidine rings is 1. The number of carbonyl (C=O) groups excluding carboxylic acids is 1. The first-order valence-electron chi connectivity index (χ1n) is 18.2. The monoisotopic (exact) mass is 858 g/mol. The van der Waals surface area contributed by atoms with Gasteiger partial charge in [0.1, 0.15) is 22.6 Å². The summed E-state index contributed by atoms with van der Waals surface area (Å²) in [5.41, 5.74) is 4.33. The first-order chi connectivity index (χ1) is 25.0. The fourth-order valence-electron chi connectivity index (χ4n) is 6.97. The summed E-state index contributed by atoms with van der Waals surface area (Å²) in [7, 11) is 3.28. The summed E-state index contributed by atoms with van der Waals surface area (Å²) in [6.45, 7) is 16.0. The highest BCUT2D eigenvalue weighted by molar-refractivity contribution is 14.2. The Bertz CT molecular complexity index is 1880. The summed E-state index contributed by atoms with van der Waals surface area (Å²) in [5.74, 6) is 3.10. The van der Waals surface area contributed by atoms with Crippen molar-refractivity contribution in [1.29, 1.82) is 0 Å². The van der Waals surface area contributed by atoms with Gasteiger partial charge in [0.25, 0.3) is 5.56 Å². The molecule has 0 aliphatic carbocycles. The highest BCUT2D eigenvalue weighted by Crippen LogP contribution is 2.40. The van der Waals surface area contributed by atoms with Crippen LogP contribution >= 0.6 is 42.3 Å². The Hall–Kier alpha value is -2.85. The molecule has 52 heavy (non-hydrogen) atoms. The number of fused-ring (bicyclic) bond motifs is 1. The number of piperazine rings is 1. The molecular weight excluding hydrogens is 808 g/mol. The number of rotatable bonds is 12. The number of hydrogen-bond acceptors (Lipinski definition) is 9. The van der Waals surface area contributed by atoms with Crippen molar-refractivity contribution in [2.75, 3.05) is 62.8 Å². The van der Waals surface area contributed by atoms with Crippen molar-refractivity contribution in [1.82, 2.24) is 23.2 Å². The molecule has 2 aliphatic heterocycles. The number of halogens is 1. The van der Waals surface area contributed by atoms with Gasteiger partial charge in [-0.3, -0.25) is 8.77 Å². The topological polar surface area (TPSA) is 84.2 Å². The number of likely N-dealkylation sites (tertiary alicyclic amines) is 1. The lowest BCUT2D eigenvalue weighted by Gasteiger charge is -2.39. The molecule has 2 saturated heterocycles. The van der Waals surface area contributed by atoms with Gasteiger partial charge in [0.05, 0.1) is 0 Å². The Morgan fingerprint density at radius 1 is 0.962 bits per heavy atom. The quantitative estimate of drug-likeness (QED) is 0.111. The summed E-state index contributed by atoms with van der Waals surface area (Å²) < 4.78 is 19.1. The minimum absolute atomic E-state index is 0.0299. The second-order valence-corrected chi connectivity index (χ2v) is 17.5. The Morgan fingerprint density at radius 2 is 1.67 bits per heavy atom. The van der Waals surface area contributed by atoms with Crippen LogP contribution in [0.25, 0.3) is 22.0 Å². The van der Waals surface area contributed by atoms with Gasteiger partial charge >= 0.3 is 6.09 Å². The number of anilines is 1. The predicted octanol–water partition coefficient (Wildman–Crippen LogP) is 8.53. The molecule has 13 heteroatoms. The third-order valence-electron chi connectivity index (χ3n) is 9.78. The maximum absolute atomic E-state index is 13.1. The molecule has 280 valence electrons. The van der Waals surface area contributed by atoms with Crippen molar-refractivity contribution in [3.63, 3.8) is 0 Å². The second-order valence-electron chi connectivity index (χ2n) is 14.7. The van der Waals surface area contributed by atoms with Crippen LogP contribution < -0.4 is 15.0 Å². The number of hydrogen-bond donors (Lipinski definition) is 1. The van der Waals surface area contributed by atoms with Crippen LogP contribution in [-0.4, -0.2) is 93.0 Å². The van der Waals surface area contributed by atoms with Crippen molar-refractivity contribution in [2.24, 2.45) is 13.0 Å². The average Bonchev–Trinajstić information content (AvgIpc) is 3.57. The Kier molecular flexibility index (Phi) is 13.1. The highest BCUT2D eigenvalue weighted by Gasteiger charge is 2.28. The molecule has 1 N–H and O–H groups in total. The summed E-state index contributed by atoms with van der Waals surface area (Å²) in [5, 5.41) is 0.897. The van der Waals surface area contributed by atoms with E-state index in [1.807, 2.05) is 60.2 Å². The van der Waals surface area contributed by atoms with Gasteiger partial charge in [-0.2, -0.15) is 0 Å². The van der Waals surface area contributed by atoms with Crippen molar-refractivity contribution in [3.05, 3.63) is 76.8 Å². The number of ether oxygens (including phenoxy) is 2. The van der Waals surface area contributed by atoms with Crippen LogP contribution in [0.5, 0.6) is 11.5 Å². The number of nitrogens with one attached hydrogen (secondary N) is 1. The lowest BCUT2D eigenvalue weighted by molar-refractivity contribution is 0.0160. The highest BCUT2D eigenvalue weighted by atomic mass is 127. The molecule has 0 atom stereocenters. The first kappa shape index (κ1) is 38.9. The van der Waals surface area contributed by atoms with Gasteiger partial charge in [-0.25, -0.2) is 4.79 Å². The van der Waals surface area contributed by atoms with Crippen LogP contribution in [0, 0.1) is 5.92 Å². The molecule has 0 saturated carbocycles. The summed E-state index contributed by atoms with van der Waals surface area (Å²) in [6, 6.07) is 16.6. The molecule has 2 aromatic heterocycles. The molecule has 0 bridgehead atoms. The molecule has 1 amide bonds. The van der Waals surface area contributed by atoms with Crippen LogP contribution in [0.1, 0.15) is 46.1 Å². The minimum atomic E-state index is -0.447. The van der Waals surface area contributed by atoms with Gasteiger partial charge in [-0.05, 0) is 87.9 Å². The normalized spacial score (nSPS) is 16.4. The number of amides is 1. The molecule has 10 nitrogen and oxygen atoms in total. The first-order valence-corrected chi connectivity index (χ1v) is 22.5. The fourth-order valence-corrected chi connectivity index (χ4v) is 8.75. The number of benzene rings is 2. The number of aryl methyl sites for hydroxylation is 1. The lowest BCUT2D eigenvalue weighted by atomic mass is 9.96.